The predicted molar refractivity (Wildman–Crippen MR) is 67.8 cm³/mol. The number of carbonyl (C=O) groups is 1. The van der Waals surface area contributed by atoms with Crippen LogP contribution in [0.1, 0.15) is 15.3 Å². The van der Waals surface area contributed by atoms with Gasteiger partial charge in [-0.05, 0) is 18.1 Å². The molecule has 1 aromatic rings. The van der Waals surface area contributed by atoms with Crippen molar-refractivity contribution in [1.29, 1.82) is 0 Å². The van der Waals surface area contributed by atoms with Crippen LogP contribution in [0.3, 0.4) is 0 Å². The van der Waals surface area contributed by atoms with Crippen molar-refractivity contribution in [3.8, 4) is 0 Å². The Bertz CT molecular complexity index is 422. The number of thioether (sulfide) groups is 1. The molecule has 0 aromatic carbocycles. The molecule has 0 aliphatic carbocycles. The Hall–Kier alpha value is -1.36. The number of pyridine rings is 1. The molecule has 1 amide bonds. The highest BCUT2D eigenvalue weighted by atomic mass is 32.2. The summed E-state index contributed by atoms with van der Waals surface area (Å²) in [7, 11) is 0. The fraction of sp³-hybridized carbons (Fsp3) is 0.364. The summed E-state index contributed by atoms with van der Waals surface area (Å²) in [4.78, 5) is 19.9. The van der Waals surface area contributed by atoms with Gasteiger partial charge in [-0.1, -0.05) is 25.6 Å². The standard InChI is InChI=1S/C11H13N3OS.H2/c1-7(2)9-10(15)14-11(16-9)13-8-4-3-5-12-6-8;/h3-7,9H,1-2H3,(H,13,14,15);1H. The Morgan fingerprint density at radius 3 is 3.00 bits per heavy atom. The SMILES string of the molecule is CC(C)C1SC(=Nc2cccnc2)NC1=O.[HH]. The van der Waals surface area contributed by atoms with E-state index < -0.39 is 0 Å². The minimum absolute atomic E-state index is 0. The highest BCUT2D eigenvalue weighted by molar-refractivity contribution is 8.15. The number of aliphatic imine (C=N–C) groups is 1. The quantitative estimate of drug-likeness (QED) is 0.858. The van der Waals surface area contributed by atoms with Gasteiger partial charge in [-0.3, -0.25) is 9.78 Å². The summed E-state index contributed by atoms with van der Waals surface area (Å²) < 4.78 is 0. The van der Waals surface area contributed by atoms with Crippen LogP contribution in [0.4, 0.5) is 5.69 Å². The predicted octanol–water partition coefficient (Wildman–Crippen LogP) is 2.20. The van der Waals surface area contributed by atoms with Crippen LogP contribution in [-0.4, -0.2) is 21.3 Å². The first-order valence-corrected chi connectivity index (χ1v) is 6.01. The number of amides is 1. The number of nitrogens with zero attached hydrogens (tertiary/aromatic N) is 2. The van der Waals surface area contributed by atoms with E-state index in [4.69, 9.17) is 0 Å². The monoisotopic (exact) mass is 237 g/mol. The average molecular weight is 237 g/mol. The first-order chi connectivity index (χ1) is 7.66. The van der Waals surface area contributed by atoms with Gasteiger partial charge in [0.2, 0.25) is 5.91 Å². The van der Waals surface area contributed by atoms with Crippen molar-refractivity contribution in [3.05, 3.63) is 24.5 Å². The van der Waals surface area contributed by atoms with Crippen molar-refractivity contribution in [2.75, 3.05) is 0 Å². The van der Waals surface area contributed by atoms with Crippen molar-refractivity contribution < 1.29 is 6.22 Å². The lowest BCUT2D eigenvalue weighted by molar-refractivity contribution is -0.119. The Kier molecular flexibility index (Phi) is 3.24. The Morgan fingerprint density at radius 1 is 1.62 bits per heavy atom. The van der Waals surface area contributed by atoms with Crippen LogP contribution in [0.15, 0.2) is 29.5 Å². The molecule has 16 heavy (non-hydrogen) atoms. The van der Waals surface area contributed by atoms with Crippen molar-refractivity contribution in [2.24, 2.45) is 10.9 Å². The van der Waals surface area contributed by atoms with Crippen LogP contribution < -0.4 is 5.32 Å². The number of amidine groups is 1. The third-order valence-corrected chi connectivity index (χ3v) is 3.64. The van der Waals surface area contributed by atoms with Crippen LogP contribution in [0.5, 0.6) is 0 Å². The maximum atomic E-state index is 11.6. The lowest BCUT2D eigenvalue weighted by atomic mass is 10.1. The molecule has 1 saturated heterocycles. The smallest absolute Gasteiger partial charge is 0.239 e. The topological polar surface area (TPSA) is 54.4 Å². The van der Waals surface area contributed by atoms with E-state index in [1.165, 1.54) is 11.8 Å². The number of nitrogens with one attached hydrogen (secondary N) is 1. The van der Waals surface area contributed by atoms with Gasteiger partial charge in [-0.2, -0.15) is 0 Å². The summed E-state index contributed by atoms with van der Waals surface area (Å²) in [5.41, 5.74) is 0.759. The molecule has 1 aromatic heterocycles. The third-order valence-electron chi connectivity index (χ3n) is 2.21. The third kappa shape index (κ3) is 2.41. The zero-order valence-electron chi connectivity index (χ0n) is 9.18. The van der Waals surface area contributed by atoms with E-state index in [9.17, 15) is 4.79 Å². The number of hydrogen-bond donors (Lipinski definition) is 1. The second-order valence-electron chi connectivity index (χ2n) is 3.90. The molecule has 0 bridgehead atoms. The molecule has 1 aliphatic rings. The Labute approximate surface area is 100 Å². The van der Waals surface area contributed by atoms with Gasteiger partial charge >= 0.3 is 0 Å². The first kappa shape index (κ1) is 11.1. The summed E-state index contributed by atoms with van der Waals surface area (Å²) in [5, 5.41) is 3.41. The average Bonchev–Trinajstić information content (AvgIpc) is 2.61. The number of hydrogen-bond acceptors (Lipinski definition) is 4. The number of carbonyl (C=O) groups excluding carboxylic acids is 1. The second-order valence-corrected chi connectivity index (χ2v) is 5.03. The molecule has 86 valence electrons. The molecule has 0 spiro atoms. The van der Waals surface area contributed by atoms with Crippen molar-refractivity contribution in [2.45, 2.75) is 19.1 Å². The van der Waals surface area contributed by atoms with E-state index in [-0.39, 0.29) is 12.6 Å². The lowest BCUT2D eigenvalue weighted by Gasteiger charge is -2.07. The minimum Gasteiger partial charge on any atom is -0.304 e. The highest BCUT2D eigenvalue weighted by Crippen LogP contribution is 2.27. The zero-order chi connectivity index (χ0) is 11.5. The van der Waals surface area contributed by atoms with Gasteiger partial charge in [0.25, 0.3) is 0 Å². The molecule has 0 saturated carbocycles. The number of aromatic nitrogens is 1. The van der Waals surface area contributed by atoms with Gasteiger partial charge < -0.3 is 5.32 Å². The molecular formula is C11H15N3OS. The van der Waals surface area contributed by atoms with Gasteiger partial charge in [0.05, 0.1) is 17.1 Å². The highest BCUT2D eigenvalue weighted by Gasteiger charge is 2.32. The Balaban J connectivity index is 0.00000144. The molecule has 4 nitrogen and oxygen atoms in total. The molecular weight excluding hydrogens is 222 g/mol. The maximum Gasteiger partial charge on any atom is 0.239 e. The van der Waals surface area contributed by atoms with Gasteiger partial charge in [0.1, 0.15) is 0 Å². The molecule has 2 rings (SSSR count). The van der Waals surface area contributed by atoms with E-state index in [0.29, 0.717) is 11.1 Å². The molecule has 2 heterocycles. The minimum atomic E-state index is -0.0320. The lowest BCUT2D eigenvalue weighted by Crippen LogP contribution is -2.27. The van der Waals surface area contributed by atoms with Gasteiger partial charge in [0, 0.05) is 7.62 Å². The van der Waals surface area contributed by atoms with Crippen molar-refractivity contribution in [1.82, 2.24) is 10.3 Å². The summed E-state index contributed by atoms with van der Waals surface area (Å²) in [6.45, 7) is 4.06. The first-order valence-electron chi connectivity index (χ1n) is 5.13. The van der Waals surface area contributed by atoms with Gasteiger partial charge in [0.15, 0.2) is 5.17 Å². The van der Waals surface area contributed by atoms with E-state index in [0.717, 1.165) is 5.69 Å². The largest absolute Gasteiger partial charge is 0.304 e. The number of rotatable bonds is 2. The molecule has 5 heteroatoms. The summed E-state index contributed by atoms with van der Waals surface area (Å²) >= 11 is 1.48. The van der Waals surface area contributed by atoms with Crippen LogP contribution in [0, 0.1) is 5.92 Å². The molecule has 1 unspecified atom stereocenters. The molecule has 1 aliphatic heterocycles. The van der Waals surface area contributed by atoms with E-state index in [1.54, 1.807) is 12.4 Å². The van der Waals surface area contributed by atoms with Gasteiger partial charge in [-0.15, -0.1) is 0 Å². The van der Waals surface area contributed by atoms with Crippen LogP contribution >= 0.6 is 11.8 Å². The van der Waals surface area contributed by atoms with E-state index in [1.807, 2.05) is 26.0 Å². The fourth-order valence-corrected chi connectivity index (χ4v) is 2.41. The summed E-state index contributed by atoms with van der Waals surface area (Å²) in [6, 6.07) is 3.68. The van der Waals surface area contributed by atoms with Crippen molar-refractivity contribution in [3.63, 3.8) is 0 Å². The van der Waals surface area contributed by atoms with Gasteiger partial charge in [-0.25, -0.2) is 4.99 Å². The van der Waals surface area contributed by atoms with Crippen LogP contribution in [0.2, 0.25) is 0 Å². The van der Waals surface area contributed by atoms with Crippen molar-refractivity contribution >= 4 is 28.5 Å². The van der Waals surface area contributed by atoms with E-state index >= 15 is 0 Å². The summed E-state index contributed by atoms with van der Waals surface area (Å²) in [5.74, 6) is 0.356. The molecule has 1 atom stereocenters. The van der Waals surface area contributed by atoms with Crippen LogP contribution in [0.25, 0.3) is 0 Å². The zero-order valence-corrected chi connectivity index (χ0v) is 9.99. The van der Waals surface area contributed by atoms with E-state index in [2.05, 4.69) is 15.3 Å². The summed E-state index contributed by atoms with van der Waals surface area (Å²) in [6.07, 6.45) is 3.36. The normalized spacial score (nSPS) is 22.8. The molecule has 1 fully saturated rings. The maximum absolute atomic E-state index is 11.6. The molecule has 1 N–H and O–H groups in total. The second kappa shape index (κ2) is 4.65. The Morgan fingerprint density at radius 2 is 2.44 bits per heavy atom. The van der Waals surface area contributed by atoms with Crippen LogP contribution in [-0.2, 0) is 4.79 Å². The fourth-order valence-electron chi connectivity index (χ4n) is 1.41. The molecule has 0 radical (unpaired) electrons.